The zero-order chi connectivity index (χ0) is 66.5. The van der Waals surface area contributed by atoms with Crippen molar-refractivity contribution >= 4 is 64.8 Å². The molecule has 21 heteroatoms. The van der Waals surface area contributed by atoms with Crippen molar-refractivity contribution in [3.05, 3.63) is 90.0 Å². The molecule has 2 saturated heterocycles. The van der Waals surface area contributed by atoms with Crippen LogP contribution >= 0.6 is 0 Å². The summed E-state index contributed by atoms with van der Waals surface area (Å²) in [4.78, 5) is 154. The van der Waals surface area contributed by atoms with Crippen LogP contribution in [0.1, 0.15) is 133 Å². The lowest BCUT2D eigenvalue weighted by atomic mass is 9.93. The van der Waals surface area contributed by atoms with E-state index in [1.54, 1.807) is 84.9 Å². The fourth-order valence-electron chi connectivity index (χ4n) is 12.2. The number of ether oxygens (including phenoxy) is 1. The number of nitrogens with one attached hydrogen (secondary N) is 4. The maximum Gasteiger partial charge on any atom is 0.332 e. The average Bonchev–Trinajstić information content (AvgIpc) is 1.96. The SMILES string of the molecule is CC[C@H](C)[C@@H]1NC(=O)[C@@H]2CCCN2C(=O)[C@H](Cc2cccc(-c3ccc(NC(C)=O)cc3)c2)N(C)C(=O)[C@H](Cc2ccccc2)NC(=O)[C@H](C(C)C)N(C)C(=O)[C@@H]([C@@H](C)CC)OC(=O)[C@H](C(C)(C)O)N(C)C(=O)[C@H](CC(C)C)NC(=O)[C@H](C(C)C)N(C)C1=O. The van der Waals surface area contributed by atoms with Gasteiger partial charge in [0, 0.05) is 66.1 Å². The fourth-order valence-corrected chi connectivity index (χ4v) is 12.2. The van der Waals surface area contributed by atoms with Gasteiger partial charge in [-0.1, -0.05) is 142 Å². The molecule has 9 amide bonds. The molecule has 0 unspecified atom stereocenters. The van der Waals surface area contributed by atoms with Gasteiger partial charge in [-0.15, -0.1) is 0 Å². The first-order valence-electron chi connectivity index (χ1n) is 31.5. The highest BCUT2D eigenvalue weighted by molar-refractivity contribution is 5.99. The summed E-state index contributed by atoms with van der Waals surface area (Å²) in [5.74, 6) is -9.26. The maximum absolute atomic E-state index is 15.7. The lowest BCUT2D eigenvalue weighted by Gasteiger charge is -2.39. The molecule has 0 bridgehead atoms. The van der Waals surface area contributed by atoms with Gasteiger partial charge in [-0.25, -0.2) is 4.79 Å². The molecule has 3 aromatic carbocycles. The Morgan fingerprint density at radius 2 is 1.17 bits per heavy atom. The first-order valence-corrected chi connectivity index (χ1v) is 31.5. The summed E-state index contributed by atoms with van der Waals surface area (Å²) in [7, 11) is 5.64. The van der Waals surface area contributed by atoms with E-state index in [0.717, 1.165) is 16.0 Å². The monoisotopic (exact) mass is 1230 g/mol. The van der Waals surface area contributed by atoms with Crippen molar-refractivity contribution in [3.8, 4) is 11.1 Å². The van der Waals surface area contributed by atoms with Crippen molar-refractivity contribution in [1.29, 1.82) is 0 Å². The predicted molar refractivity (Wildman–Crippen MR) is 341 cm³/mol. The van der Waals surface area contributed by atoms with Gasteiger partial charge in [0.05, 0.1) is 5.60 Å². The van der Waals surface area contributed by atoms with Crippen molar-refractivity contribution in [2.24, 2.45) is 29.6 Å². The first-order chi connectivity index (χ1) is 41.7. The highest BCUT2D eigenvalue weighted by Crippen LogP contribution is 2.29. The van der Waals surface area contributed by atoms with E-state index in [0.29, 0.717) is 36.1 Å². The smallest absolute Gasteiger partial charge is 0.332 e. The number of hydrogen-bond acceptors (Lipinski definition) is 12. The molecule has 2 aliphatic heterocycles. The van der Waals surface area contributed by atoms with Crippen LogP contribution in [-0.2, 0) is 65.5 Å². The average molecular weight is 1230 g/mol. The third-order valence-electron chi connectivity index (χ3n) is 17.4. The Bertz CT molecular complexity index is 2980. The second-order valence-electron chi connectivity index (χ2n) is 26.2. The zero-order valence-electron chi connectivity index (χ0n) is 55.4. The fraction of sp³-hybridized carbons (Fsp3) is 0.588. The molecule has 0 radical (unpaired) electrons. The summed E-state index contributed by atoms with van der Waals surface area (Å²) in [6.07, 6.45) is -0.220. The van der Waals surface area contributed by atoms with Gasteiger partial charge in [0.25, 0.3) is 5.91 Å². The zero-order valence-corrected chi connectivity index (χ0v) is 55.4. The Hall–Kier alpha value is -7.68. The third kappa shape index (κ3) is 18.2. The molecule has 21 nitrogen and oxygen atoms in total. The molecule has 11 atom stereocenters. The lowest BCUT2D eigenvalue weighted by molar-refractivity contribution is -0.177. The minimum absolute atomic E-state index is 0.0498. The van der Waals surface area contributed by atoms with Crippen molar-refractivity contribution in [2.75, 3.05) is 40.1 Å². The van der Waals surface area contributed by atoms with Gasteiger partial charge in [-0.2, -0.15) is 0 Å². The molecule has 2 aliphatic rings. The van der Waals surface area contributed by atoms with Gasteiger partial charge < -0.3 is 55.6 Å². The predicted octanol–water partition coefficient (Wildman–Crippen LogP) is 6.00. The lowest BCUT2D eigenvalue weighted by Crippen LogP contribution is -2.63. The van der Waals surface area contributed by atoms with E-state index in [1.807, 2.05) is 63.2 Å². The molecule has 3 aromatic rings. The number of nitrogens with zero attached hydrogens (tertiary/aromatic N) is 5. The van der Waals surface area contributed by atoms with Gasteiger partial charge in [-0.05, 0) is 97.6 Å². The van der Waals surface area contributed by atoms with E-state index in [1.165, 1.54) is 68.6 Å². The highest BCUT2D eigenvalue weighted by Gasteiger charge is 2.48. The van der Waals surface area contributed by atoms with Crippen molar-refractivity contribution in [2.45, 2.75) is 195 Å². The van der Waals surface area contributed by atoms with Gasteiger partial charge in [0.2, 0.25) is 47.3 Å². The Kier molecular flexibility index (Phi) is 25.6. The minimum Gasteiger partial charge on any atom is -0.450 e. The number of benzene rings is 3. The molecule has 0 spiro atoms. The quantitative estimate of drug-likeness (QED) is 0.110. The number of cyclic esters (lactones) is 1. The van der Waals surface area contributed by atoms with Gasteiger partial charge >= 0.3 is 5.97 Å². The first kappa shape index (κ1) is 72.1. The Labute approximate surface area is 526 Å². The number of esters is 1. The highest BCUT2D eigenvalue weighted by atomic mass is 16.6. The van der Waals surface area contributed by atoms with Crippen LogP contribution in [0, 0.1) is 29.6 Å². The van der Waals surface area contributed by atoms with Crippen LogP contribution in [0.25, 0.3) is 11.1 Å². The second-order valence-corrected chi connectivity index (χ2v) is 26.2. The van der Waals surface area contributed by atoms with E-state index in [2.05, 4.69) is 21.3 Å². The largest absolute Gasteiger partial charge is 0.450 e. The Balaban J connectivity index is 1.73. The summed E-state index contributed by atoms with van der Waals surface area (Å²) in [6, 6.07) is 13.2. The number of aliphatic hydroxyl groups is 1. The van der Waals surface area contributed by atoms with E-state index < -0.39 is 137 Å². The molecule has 5 rings (SSSR count). The molecule has 0 aromatic heterocycles. The number of carbonyl (C=O) groups is 10. The van der Waals surface area contributed by atoms with E-state index in [9.17, 15) is 29.1 Å². The van der Waals surface area contributed by atoms with E-state index in [4.69, 9.17) is 4.74 Å². The summed E-state index contributed by atoms with van der Waals surface area (Å²) in [6.45, 7) is 21.9. The summed E-state index contributed by atoms with van der Waals surface area (Å²) < 4.78 is 6.13. The van der Waals surface area contributed by atoms with Crippen LogP contribution in [0.3, 0.4) is 0 Å². The number of anilines is 1. The van der Waals surface area contributed by atoms with Crippen molar-refractivity contribution in [1.82, 2.24) is 40.4 Å². The Morgan fingerprint density at radius 3 is 1.71 bits per heavy atom. The molecule has 2 heterocycles. The summed E-state index contributed by atoms with van der Waals surface area (Å²) >= 11 is 0. The van der Waals surface area contributed by atoms with Crippen LogP contribution in [0.4, 0.5) is 5.69 Å². The van der Waals surface area contributed by atoms with Gasteiger partial charge in [0.1, 0.15) is 42.3 Å². The second kappa shape index (κ2) is 31.7. The van der Waals surface area contributed by atoms with Crippen LogP contribution in [0.2, 0.25) is 0 Å². The number of likely N-dealkylation sites (N-methyl/N-ethyl adjacent to an activating group) is 4. The van der Waals surface area contributed by atoms with Crippen molar-refractivity contribution in [3.63, 3.8) is 0 Å². The molecule has 0 saturated carbocycles. The molecular weight excluding hydrogens is 1130 g/mol. The van der Waals surface area contributed by atoms with Gasteiger partial charge in [-0.3, -0.25) is 43.2 Å². The summed E-state index contributed by atoms with van der Waals surface area (Å²) in [5, 5.41) is 23.4. The van der Waals surface area contributed by atoms with E-state index >= 15 is 24.0 Å². The van der Waals surface area contributed by atoms with E-state index in [-0.39, 0.29) is 44.1 Å². The van der Waals surface area contributed by atoms with Crippen LogP contribution < -0.4 is 21.3 Å². The maximum atomic E-state index is 15.7. The summed E-state index contributed by atoms with van der Waals surface area (Å²) in [5.41, 5.74) is 1.50. The molecule has 89 heavy (non-hydrogen) atoms. The minimum atomic E-state index is -1.99. The van der Waals surface area contributed by atoms with Crippen molar-refractivity contribution < 1.29 is 57.8 Å². The molecular formula is C68H99N9O12. The van der Waals surface area contributed by atoms with Crippen LogP contribution in [0.15, 0.2) is 78.9 Å². The van der Waals surface area contributed by atoms with Gasteiger partial charge in [0.15, 0.2) is 12.1 Å². The third-order valence-corrected chi connectivity index (χ3v) is 17.4. The standard InChI is InChI=1S/C68H99N9O12/c1-18-42(9)54-65(85)74(15)55(40(5)6)60(80)70-50(35-39(3)4)63(83)76(17)58(68(12,13)88)67(87)89-57(43(10)19-2)66(86)75(16)56(41(7)8)61(81)71-51(37-45-25-21-20-22-26-45)62(82)73(14)53(64(84)77-34-24-29-52(77)59(79)72-54)38-46-27-23-28-48(36-46)47-30-32-49(33-31-47)69-44(11)78/h20-23,25-28,30-33,36,39-43,50-58,88H,18-19,24,29,34-35,37-38H2,1-17H3,(H,69,78)(H,70,80)(H,71,81)(H,72,79)/t42-,43-,50-,51-,52-,53-,54-,55-,56-,57+,58+/m0/s1. The number of hydrogen-bond donors (Lipinski definition) is 5. The molecule has 0 aliphatic carbocycles. The van der Waals surface area contributed by atoms with Crippen LogP contribution in [-0.4, -0.2) is 184 Å². The topological polar surface area (TPSA) is 264 Å². The number of carbonyl (C=O) groups excluding carboxylic acids is 10. The molecule has 5 N–H and O–H groups in total. The number of fused-ring (bicyclic) bond motifs is 1. The number of amides is 9. The normalized spacial score (nSPS) is 24.8. The Morgan fingerprint density at radius 1 is 0.618 bits per heavy atom. The van der Waals surface area contributed by atoms with Crippen LogP contribution in [0.5, 0.6) is 0 Å². The molecule has 488 valence electrons. The number of rotatable bonds is 15. The molecule has 2 fully saturated rings.